The Bertz CT molecular complexity index is 735. The van der Waals surface area contributed by atoms with E-state index in [-0.39, 0.29) is 11.3 Å². The van der Waals surface area contributed by atoms with E-state index in [2.05, 4.69) is 5.32 Å². The van der Waals surface area contributed by atoms with Crippen LogP contribution in [0.3, 0.4) is 0 Å². The van der Waals surface area contributed by atoms with Crippen molar-refractivity contribution in [3.05, 3.63) is 27.8 Å². The summed E-state index contributed by atoms with van der Waals surface area (Å²) in [5, 5.41) is 23.4. The van der Waals surface area contributed by atoms with Crippen LogP contribution in [0, 0.1) is 10.1 Å². The van der Waals surface area contributed by atoms with Crippen LogP contribution >= 0.6 is 0 Å². The molecule has 0 atom stereocenters. The fourth-order valence-corrected chi connectivity index (χ4v) is 2.85. The summed E-state index contributed by atoms with van der Waals surface area (Å²) in [7, 11) is 1.25. The highest BCUT2D eigenvalue weighted by molar-refractivity contribution is 5.95. The number of nitrogens with two attached hydrogens (primary N) is 1. The van der Waals surface area contributed by atoms with Crippen molar-refractivity contribution in [3.63, 3.8) is 0 Å². The molecule has 1 rings (SSSR count). The third kappa shape index (κ3) is 8.24. The van der Waals surface area contributed by atoms with Crippen molar-refractivity contribution in [1.82, 2.24) is 5.32 Å². The van der Waals surface area contributed by atoms with Crippen molar-refractivity contribution in [3.8, 4) is 11.5 Å². The maximum Gasteiger partial charge on any atom is 0.405 e. The number of hydrogen-bond donors (Lipinski definition) is 3. The SMILES string of the molecule is COc1cc(C(=O)NCCCCCCCC(C)(C)OC(N)=O)cc([N+](=O)[O-])c1O. The first-order valence-corrected chi connectivity index (χ1v) is 9.39. The molecule has 29 heavy (non-hydrogen) atoms. The Balaban J connectivity index is 2.35. The molecule has 1 aromatic rings. The third-order valence-electron chi connectivity index (χ3n) is 4.35. The van der Waals surface area contributed by atoms with Gasteiger partial charge in [0.1, 0.15) is 5.60 Å². The summed E-state index contributed by atoms with van der Waals surface area (Å²) < 4.78 is 9.91. The molecule has 0 fully saturated rings. The molecule has 0 spiro atoms. The van der Waals surface area contributed by atoms with Gasteiger partial charge in [0.15, 0.2) is 5.75 Å². The molecule has 0 aliphatic heterocycles. The van der Waals surface area contributed by atoms with Crippen LogP contribution in [-0.2, 0) is 4.74 Å². The molecule has 0 aliphatic rings. The summed E-state index contributed by atoms with van der Waals surface area (Å²) >= 11 is 0. The van der Waals surface area contributed by atoms with Gasteiger partial charge in [0.2, 0.25) is 5.75 Å². The van der Waals surface area contributed by atoms with E-state index in [0.29, 0.717) is 13.0 Å². The fraction of sp³-hybridized carbons (Fsp3) is 0.579. The summed E-state index contributed by atoms with van der Waals surface area (Å²) in [6.07, 6.45) is 4.41. The van der Waals surface area contributed by atoms with E-state index in [1.165, 1.54) is 13.2 Å². The lowest BCUT2D eigenvalue weighted by Crippen LogP contribution is -2.30. The molecular formula is C19H29N3O7. The van der Waals surface area contributed by atoms with Crippen LogP contribution in [0.4, 0.5) is 10.5 Å². The number of unbranched alkanes of at least 4 members (excludes halogenated alkanes) is 4. The van der Waals surface area contributed by atoms with Gasteiger partial charge in [-0.15, -0.1) is 0 Å². The van der Waals surface area contributed by atoms with Gasteiger partial charge >= 0.3 is 11.8 Å². The molecule has 4 N–H and O–H groups in total. The van der Waals surface area contributed by atoms with Crippen LogP contribution in [-0.4, -0.2) is 41.3 Å². The Morgan fingerprint density at radius 1 is 1.21 bits per heavy atom. The lowest BCUT2D eigenvalue weighted by Gasteiger charge is -2.23. The summed E-state index contributed by atoms with van der Waals surface area (Å²) in [4.78, 5) is 33.2. The third-order valence-corrected chi connectivity index (χ3v) is 4.35. The molecule has 0 aromatic heterocycles. The number of hydrogen-bond acceptors (Lipinski definition) is 7. The van der Waals surface area contributed by atoms with Crippen molar-refractivity contribution in [1.29, 1.82) is 0 Å². The number of ether oxygens (including phenoxy) is 2. The first kappa shape index (κ1) is 24.0. The number of rotatable bonds is 12. The Hall–Kier alpha value is -3.04. The molecule has 10 nitrogen and oxygen atoms in total. The highest BCUT2D eigenvalue weighted by atomic mass is 16.6. The molecule has 0 heterocycles. The number of phenols is 1. The van der Waals surface area contributed by atoms with Crippen LogP contribution in [0.25, 0.3) is 0 Å². The summed E-state index contributed by atoms with van der Waals surface area (Å²) in [6, 6.07) is 2.27. The monoisotopic (exact) mass is 411 g/mol. The molecule has 0 aliphatic carbocycles. The number of carbonyl (C=O) groups excluding carboxylic acids is 2. The van der Waals surface area contributed by atoms with Gasteiger partial charge in [-0.3, -0.25) is 14.9 Å². The quantitative estimate of drug-likeness (QED) is 0.271. The minimum absolute atomic E-state index is 0.0445. The Morgan fingerprint density at radius 3 is 2.41 bits per heavy atom. The van der Waals surface area contributed by atoms with E-state index in [9.17, 15) is 24.8 Å². The first-order valence-electron chi connectivity index (χ1n) is 9.39. The number of nitro benzene ring substituents is 1. The summed E-state index contributed by atoms with van der Waals surface area (Å²) in [5.74, 6) is -1.22. The molecule has 1 aromatic carbocycles. The highest BCUT2D eigenvalue weighted by Gasteiger charge is 2.22. The molecule has 0 saturated carbocycles. The number of methoxy groups -OCH3 is 1. The number of aromatic hydroxyl groups is 1. The highest BCUT2D eigenvalue weighted by Crippen LogP contribution is 2.36. The van der Waals surface area contributed by atoms with Gasteiger partial charge in [-0.1, -0.05) is 19.3 Å². The predicted molar refractivity (Wildman–Crippen MR) is 106 cm³/mol. The molecule has 0 unspecified atom stereocenters. The number of carbonyl (C=O) groups is 2. The van der Waals surface area contributed by atoms with E-state index in [0.717, 1.165) is 38.2 Å². The number of amides is 2. The van der Waals surface area contributed by atoms with Crippen LogP contribution in [0.1, 0.15) is 62.7 Å². The molecule has 10 heteroatoms. The average molecular weight is 411 g/mol. The Morgan fingerprint density at radius 2 is 1.83 bits per heavy atom. The molecule has 0 saturated heterocycles. The predicted octanol–water partition coefficient (Wildman–Crippen LogP) is 3.25. The zero-order chi connectivity index (χ0) is 22.0. The maximum atomic E-state index is 12.2. The van der Waals surface area contributed by atoms with Crippen molar-refractivity contribution >= 4 is 17.7 Å². The number of nitrogens with one attached hydrogen (secondary N) is 1. The number of nitro groups is 1. The second-order valence-electron chi connectivity index (χ2n) is 7.26. The number of phenolic OH excluding ortho intramolecular Hbond substituents is 1. The Kier molecular flexibility index (Phi) is 9.17. The maximum absolute atomic E-state index is 12.2. The molecular weight excluding hydrogens is 382 g/mol. The van der Waals surface area contributed by atoms with Gasteiger partial charge in [-0.2, -0.15) is 0 Å². The standard InChI is InChI=1S/C19H29N3O7/c1-19(2,29-18(20)25)9-7-5-4-6-8-10-21-17(24)13-11-14(22(26)27)16(23)15(12-13)28-3/h11-12,23H,4-10H2,1-3H3,(H2,20,25)(H,21,24). The second-order valence-corrected chi connectivity index (χ2v) is 7.26. The normalized spacial score (nSPS) is 11.0. The zero-order valence-corrected chi connectivity index (χ0v) is 17.0. The molecule has 0 bridgehead atoms. The van der Waals surface area contributed by atoms with Crippen molar-refractivity contribution in [2.75, 3.05) is 13.7 Å². The lowest BCUT2D eigenvalue weighted by molar-refractivity contribution is -0.386. The minimum Gasteiger partial charge on any atom is -0.500 e. The van der Waals surface area contributed by atoms with E-state index in [1.807, 2.05) is 13.8 Å². The van der Waals surface area contributed by atoms with Gasteiger partial charge in [-0.25, -0.2) is 4.79 Å². The second kappa shape index (κ2) is 11.1. The largest absolute Gasteiger partial charge is 0.500 e. The van der Waals surface area contributed by atoms with Crippen LogP contribution < -0.4 is 15.8 Å². The number of benzene rings is 1. The van der Waals surface area contributed by atoms with E-state index < -0.39 is 34.0 Å². The van der Waals surface area contributed by atoms with Gasteiger partial charge in [0.05, 0.1) is 17.6 Å². The molecule has 0 radical (unpaired) electrons. The summed E-state index contributed by atoms with van der Waals surface area (Å²) in [6.45, 7) is 4.05. The van der Waals surface area contributed by atoms with Crippen molar-refractivity contribution in [2.24, 2.45) is 5.73 Å². The van der Waals surface area contributed by atoms with E-state index in [4.69, 9.17) is 15.2 Å². The van der Waals surface area contributed by atoms with Crippen LogP contribution in [0.2, 0.25) is 0 Å². The first-order chi connectivity index (χ1) is 13.6. The number of nitrogens with zero attached hydrogens (tertiary/aromatic N) is 1. The van der Waals surface area contributed by atoms with Crippen LogP contribution in [0.15, 0.2) is 12.1 Å². The average Bonchev–Trinajstić information content (AvgIpc) is 2.62. The van der Waals surface area contributed by atoms with Crippen molar-refractivity contribution in [2.45, 2.75) is 58.0 Å². The molecule has 2 amide bonds. The van der Waals surface area contributed by atoms with Gasteiger partial charge in [0.25, 0.3) is 5.91 Å². The van der Waals surface area contributed by atoms with Crippen LogP contribution in [0.5, 0.6) is 11.5 Å². The van der Waals surface area contributed by atoms with E-state index >= 15 is 0 Å². The minimum atomic E-state index is -0.776. The lowest BCUT2D eigenvalue weighted by atomic mass is 9.99. The topological polar surface area (TPSA) is 154 Å². The zero-order valence-electron chi connectivity index (χ0n) is 17.0. The van der Waals surface area contributed by atoms with Gasteiger partial charge < -0.3 is 25.6 Å². The summed E-state index contributed by atoms with van der Waals surface area (Å²) in [5.41, 5.74) is 3.91. The van der Waals surface area contributed by atoms with Gasteiger partial charge in [-0.05, 0) is 39.2 Å². The number of primary amides is 1. The van der Waals surface area contributed by atoms with Crippen molar-refractivity contribution < 1.29 is 29.1 Å². The van der Waals surface area contributed by atoms with E-state index in [1.54, 1.807) is 0 Å². The smallest absolute Gasteiger partial charge is 0.405 e. The molecule has 162 valence electrons. The van der Waals surface area contributed by atoms with Gasteiger partial charge in [0, 0.05) is 12.6 Å². The Labute approximate surface area is 169 Å². The fourth-order valence-electron chi connectivity index (χ4n) is 2.85.